The smallest absolute Gasteiger partial charge is 0.411 e. The van der Waals surface area contributed by atoms with Gasteiger partial charge in [0.15, 0.2) is 6.61 Å². The number of carbonyl (C=O) groups excluding carboxylic acids is 2. The minimum atomic E-state index is -0.571. The minimum absolute atomic E-state index is 0.252. The Morgan fingerprint density at radius 2 is 1.84 bits per heavy atom. The lowest BCUT2D eigenvalue weighted by atomic mass is 10.2. The van der Waals surface area contributed by atoms with E-state index in [2.05, 4.69) is 10.6 Å². The molecule has 0 aliphatic carbocycles. The fraction of sp³-hybridized carbons (Fsp3) is 0.222. The summed E-state index contributed by atoms with van der Waals surface area (Å²) < 4.78 is 23.6. The van der Waals surface area contributed by atoms with Gasteiger partial charge in [-0.25, -0.2) is 9.18 Å². The molecule has 0 atom stereocenters. The van der Waals surface area contributed by atoms with Crippen molar-refractivity contribution in [1.29, 1.82) is 0 Å². The standard InChI is InChI=1S/C18H19FN2O4/c1-3-24-18(23)21-13-5-4-6-15(9-13)25-11-17(22)20-14-8-7-12(2)16(19)10-14/h4-10H,3,11H2,1-2H3,(H,20,22)(H,21,23). The molecule has 0 bridgehead atoms. The van der Waals surface area contributed by atoms with Crippen LogP contribution in [0.15, 0.2) is 42.5 Å². The molecule has 2 aromatic carbocycles. The lowest BCUT2D eigenvalue weighted by Crippen LogP contribution is -2.20. The van der Waals surface area contributed by atoms with Crippen LogP contribution in [0.25, 0.3) is 0 Å². The molecule has 0 aliphatic rings. The van der Waals surface area contributed by atoms with E-state index in [1.54, 1.807) is 50.2 Å². The molecular weight excluding hydrogens is 327 g/mol. The van der Waals surface area contributed by atoms with Crippen LogP contribution >= 0.6 is 0 Å². The number of hydrogen-bond donors (Lipinski definition) is 2. The van der Waals surface area contributed by atoms with Crippen LogP contribution in [0.2, 0.25) is 0 Å². The molecule has 0 spiro atoms. The molecule has 0 unspecified atom stereocenters. The van der Waals surface area contributed by atoms with E-state index in [9.17, 15) is 14.0 Å². The lowest BCUT2D eigenvalue weighted by molar-refractivity contribution is -0.118. The largest absolute Gasteiger partial charge is 0.484 e. The van der Waals surface area contributed by atoms with E-state index in [4.69, 9.17) is 9.47 Å². The Morgan fingerprint density at radius 1 is 1.08 bits per heavy atom. The van der Waals surface area contributed by atoms with E-state index < -0.39 is 17.8 Å². The Kier molecular flexibility index (Phi) is 6.33. The number of amides is 2. The van der Waals surface area contributed by atoms with Gasteiger partial charge in [0.05, 0.1) is 6.61 Å². The Morgan fingerprint density at radius 3 is 2.56 bits per heavy atom. The molecule has 0 fully saturated rings. The quantitative estimate of drug-likeness (QED) is 0.836. The third-order valence-electron chi connectivity index (χ3n) is 3.18. The maximum atomic E-state index is 13.5. The Bertz CT molecular complexity index is 764. The van der Waals surface area contributed by atoms with Crippen molar-refractivity contribution in [3.63, 3.8) is 0 Å². The van der Waals surface area contributed by atoms with Crippen LogP contribution < -0.4 is 15.4 Å². The maximum absolute atomic E-state index is 13.5. The van der Waals surface area contributed by atoms with Gasteiger partial charge < -0.3 is 14.8 Å². The molecule has 0 aliphatic heterocycles. The third kappa shape index (κ3) is 5.80. The Labute approximate surface area is 144 Å². The third-order valence-corrected chi connectivity index (χ3v) is 3.18. The molecule has 0 saturated heterocycles. The summed E-state index contributed by atoms with van der Waals surface area (Å²) >= 11 is 0. The fourth-order valence-corrected chi connectivity index (χ4v) is 1.97. The zero-order valence-electron chi connectivity index (χ0n) is 14.0. The Balaban J connectivity index is 1.88. The number of halogens is 1. The van der Waals surface area contributed by atoms with Crippen LogP contribution in [-0.4, -0.2) is 25.2 Å². The zero-order chi connectivity index (χ0) is 18.2. The van der Waals surface area contributed by atoms with Gasteiger partial charge in [0, 0.05) is 17.4 Å². The average Bonchev–Trinajstić information content (AvgIpc) is 2.57. The molecule has 0 saturated carbocycles. The number of benzene rings is 2. The molecule has 2 aromatic rings. The van der Waals surface area contributed by atoms with Crippen LogP contribution in [0.4, 0.5) is 20.6 Å². The summed E-state index contributed by atoms with van der Waals surface area (Å²) in [5, 5.41) is 5.09. The number of aryl methyl sites for hydroxylation is 1. The van der Waals surface area contributed by atoms with Gasteiger partial charge in [-0.1, -0.05) is 12.1 Å². The number of anilines is 2. The second kappa shape index (κ2) is 8.68. The lowest BCUT2D eigenvalue weighted by Gasteiger charge is -2.10. The molecule has 0 heterocycles. The number of hydrogen-bond acceptors (Lipinski definition) is 4. The first-order valence-corrected chi connectivity index (χ1v) is 7.70. The van der Waals surface area contributed by atoms with E-state index in [0.717, 1.165) is 0 Å². The van der Waals surface area contributed by atoms with Crippen molar-refractivity contribution in [2.45, 2.75) is 13.8 Å². The summed E-state index contributed by atoms with van der Waals surface area (Å²) in [6.07, 6.45) is -0.571. The molecule has 0 aromatic heterocycles. The van der Waals surface area contributed by atoms with Crippen LogP contribution in [-0.2, 0) is 9.53 Å². The first-order chi connectivity index (χ1) is 12.0. The summed E-state index contributed by atoms with van der Waals surface area (Å²) in [4.78, 5) is 23.3. The van der Waals surface area contributed by atoms with Gasteiger partial charge in [0.1, 0.15) is 11.6 Å². The van der Waals surface area contributed by atoms with Crippen molar-refractivity contribution >= 4 is 23.4 Å². The minimum Gasteiger partial charge on any atom is -0.484 e. The van der Waals surface area contributed by atoms with Crippen molar-refractivity contribution in [3.05, 3.63) is 53.8 Å². The summed E-state index contributed by atoms with van der Waals surface area (Å²) in [6, 6.07) is 11.0. The van der Waals surface area contributed by atoms with Crippen LogP contribution in [0.3, 0.4) is 0 Å². The highest BCUT2D eigenvalue weighted by Crippen LogP contribution is 2.18. The van der Waals surface area contributed by atoms with Gasteiger partial charge in [-0.15, -0.1) is 0 Å². The molecule has 6 nitrogen and oxygen atoms in total. The molecule has 2 amide bonds. The van der Waals surface area contributed by atoms with Gasteiger partial charge in [0.2, 0.25) is 0 Å². The van der Waals surface area contributed by atoms with Crippen molar-refractivity contribution in [2.24, 2.45) is 0 Å². The van der Waals surface area contributed by atoms with E-state index in [1.807, 2.05) is 0 Å². The highest BCUT2D eigenvalue weighted by atomic mass is 19.1. The zero-order valence-corrected chi connectivity index (χ0v) is 14.0. The number of nitrogens with one attached hydrogen (secondary N) is 2. The number of rotatable bonds is 6. The molecule has 25 heavy (non-hydrogen) atoms. The van der Waals surface area contributed by atoms with E-state index in [0.29, 0.717) is 22.7 Å². The molecule has 7 heteroatoms. The monoisotopic (exact) mass is 346 g/mol. The van der Waals surface area contributed by atoms with Crippen LogP contribution in [0.1, 0.15) is 12.5 Å². The van der Waals surface area contributed by atoms with E-state index >= 15 is 0 Å². The van der Waals surface area contributed by atoms with Crippen molar-refractivity contribution in [3.8, 4) is 5.75 Å². The predicted molar refractivity (Wildman–Crippen MR) is 92.3 cm³/mol. The normalized spacial score (nSPS) is 10.0. The van der Waals surface area contributed by atoms with Crippen molar-refractivity contribution < 1.29 is 23.5 Å². The summed E-state index contributed by atoms with van der Waals surface area (Å²) in [5.74, 6) is -0.414. The van der Waals surface area contributed by atoms with Gasteiger partial charge in [-0.2, -0.15) is 0 Å². The highest BCUT2D eigenvalue weighted by Gasteiger charge is 2.07. The highest BCUT2D eigenvalue weighted by molar-refractivity contribution is 5.92. The molecule has 0 radical (unpaired) electrons. The van der Waals surface area contributed by atoms with Gasteiger partial charge in [-0.3, -0.25) is 10.1 Å². The maximum Gasteiger partial charge on any atom is 0.411 e. The topological polar surface area (TPSA) is 76.7 Å². The molecule has 2 N–H and O–H groups in total. The van der Waals surface area contributed by atoms with Gasteiger partial charge in [0.25, 0.3) is 5.91 Å². The molecule has 2 rings (SSSR count). The molecular formula is C18H19FN2O4. The summed E-state index contributed by atoms with van der Waals surface area (Å²) in [7, 11) is 0. The van der Waals surface area contributed by atoms with Gasteiger partial charge >= 0.3 is 6.09 Å². The van der Waals surface area contributed by atoms with Gasteiger partial charge in [-0.05, 0) is 43.7 Å². The fourth-order valence-electron chi connectivity index (χ4n) is 1.97. The summed E-state index contributed by atoms with van der Waals surface area (Å²) in [5.41, 5.74) is 1.34. The SMILES string of the molecule is CCOC(=O)Nc1cccc(OCC(=O)Nc2ccc(C)c(F)c2)c1. The first-order valence-electron chi connectivity index (χ1n) is 7.70. The number of carbonyl (C=O) groups is 2. The Hall–Kier alpha value is -3.09. The predicted octanol–water partition coefficient (Wildman–Crippen LogP) is 3.72. The van der Waals surface area contributed by atoms with Crippen LogP contribution in [0.5, 0.6) is 5.75 Å². The number of ether oxygens (including phenoxy) is 2. The summed E-state index contributed by atoms with van der Waals surface area (Å²) in [6.45, 7) is 3.36. The average molecular weight is 346 g/mol. The van der Waals surface area contributed by atoms with E-state index in [1.165, 1.54) is 6.07 Å². The van der Waals surface area contributed by atoms with Crippen LogP contribution in [0, 0.1) is 12.7 Å². The second-order valence-corrected chi connectivity index (χ2v) is 5.17. The first kappa shape index (κ1) is 18.3. The molecule has 132 valence electrons. The van der Waals surface area contributed by atoms with E-state index in [-0.39, 0.29) is 13.2 Å². The second-order valence-electron chi connectivity index (χ2n) is 5.17. The van der Waals surface area contributed by atoms with Crippen molar-refractivity contribution in [2.75, 3.05) is 23.8 Å². The van der Waals surface area contributed by atoms with Crippen molar-refractivity contribution in [1.82, 2.24) is 0 Å².